The third-order valence-electron chi connectivity index (χ3n) is 5.93. The molecule has 3 heteroatoms. The molecule has 0 radical (unpaired) electrons. The Balaban J connectivity index is 1.47. The SMILES string of the molecule is CCCCCCCCOc1ccc(-c2cnc(-c3ccc(CCCCCC)cc3)s2)cc1. The molecule has 32 heavy (non-hydrogen) atoms. The predicted octanol–water partition coefficient (Wildman–Crippen LogP) is 9.34. The topological polar surface area (TPSA) is 22.1 Å². The Bertz CT molecular complexity index is 882. The summed E-state index contributed by atoms with van der Waals surface area (Å²) in [6.45, 7) is 5.33. The summed E-state index contributed by atoms with van der Waals surface area (Å²) in [6, 6.07) is 17.4. The molecular weight excluding hydrogens is 410 g/mol. The van der Waals surface area contributed by atoms with Crippen LogP contribution in [-0.4, -0.2) is 11.6 Å². The molecule has 0 unspecified atom stereocenters. The van der Waals surface area contributed by atoms with Crippen LogP contribution in [0.3, 0.4) is 0 Å². The number of aromatic nitrogens is 1. The number of thiazole rings is 1. The van der Waals surface area contributed by atoms with Gasteiger partial charge in [-0.15, -0.1) is 11.3 Å². The first-order valence-electron chi connectivity index (χ1n) is 12.6. The van der Waals surface area contributed by atoms with Gasteiger partial charge in [0.25, 0.3) is 0 Å². The average Bonchev–Trinajstić information content (AvgIpc) is 3.32. The van der Waals surface area contributed by atoms with Crippen molar-refractivity contribution in [3.05, 3.63) is 60.3 Å². The van der Waals surface area contributed by atoms with Gasteiger partial charge in [-0.25, -0.2) is 4.98 Å². The van der Waals surface area contributed by atoms with E-state index in [2.05, 4.69) is 67.4 Å². The standard InChI is InChI=1S/C29H39NOS/c1-3-5-7-9-10-12-22-31-27-20-18-25(19-21-27)28-23-30-29(32-28)26-16-14-24(15-17-26)13-11-8-6-4-2/h14-21,23H,3-13,22H2,1-2H3. The Morgan fingerprint density at radius 3 is 2.03 bits per heavy atom. The lowest BCUT2D eigenvalue weighted by Crippen LogP contribution is -1.97. The first-order valence-corrected chi connectivity index (χ1v) is 13.4. The molecule has 0 aliphatic carbocycles. The van der Waals surface area contributed by atoms with Crippen molar-refractivity contribution in [1.82, 2.24) is 4.98 Å². The number of aryl methyl sites for hydroxylation is 1. The molecule has 0 N–H and O–H groups in total. The van der Waals surface area contributed by atoms with Crippen LogP contribution in [0.2, 0.25) is 0 Å². The quantitative estimate of drug-likeness (QED) is 0.216. The van der Waals surface area contributed by atoms with Crippen LogP contribution in [0.1, 0.15) is 83.6 Å². The summed E-state index contributed by atoms with van der Waals surface area (Å²) in [5, 5.41) is 1.08. The molecular formula is C29H39NOS. The highest BCUT2D eigenvalue weighted by Crippen LogP contribution is 2.33. The number of benzene rings is 2. The van der Waals surface area contributed by atoms with Gasteiger partial charge in [0.05, 0.1) is 11.5 Å². The Kier molecular flexibility index (Phi) is 10.8. The number of hydrogen-bond donors (Lipinski definition) is 0. The minimum Gasteiger partial charge on any atom is -0.494 e. The average molecular weight is 450 g/mol. The molecule has 0 aliphatic heterocycles. The van der Waals surface area contributed by atoms with Crippen LogP contribution in [-0.2, 0) is 6.42 Å². The van der Waals surface area contributed by atoms with Gasteiger partial charge in [0.1, 0.15) is 10.8 Å². The summed E-state index contributed by atoms with van der Waals surface area (Å²) < 4.78 is 5.92. The minimum absolute atomic E-state index is 0.810. The maximum absolute atomic E-state index is 5.92. The molecule has 0 saturated carbocycles. The Labute approximate surface area is 199 Å². The summed E-state index contributed by atoms with van der Waals surface area (Å²) in [5.41, 5.74) is 3.84. The van der Waals surface area contributed by atoms with Crippen LogP contribution in [0.4, 0.5) is 0 Å². The van der Waals surface area contributed by atoms with E-state index in [1.807, 2.05) is 6.20 Å². The van der Waals surface area contributed by atoms with E-state index in [0.29, 0.717) is 0 Å². The zero-order valence-electron chi connectivity index (χ0n) is 19.9. The van der Waals surface area contributed by atoms with Gasteiger partial charge in [-0.2, -0.15) is 0 Å². The van der Waals surface area contributed by atoms with E-state index >= 15 is 0 Å². The molecule has 0 amide bonds. The van der Waals surface area contributed by atoms with Crippen LogP contribution in [0, 0.1) is 0 Å². The van der Waals surface area contributed by atoms with Gasteiger partial charge in [-0.05, 0) is 54.7 Å². The molecule has 0 saturated heterocycles. The number of unbranched alkanes of at least 4 members (excludes halogenated alkanes) is 8. The molecule has 3 rings (SSSR count). The zero-order chi connectivity index (χ0) is 22.4. The van der Waals surface area contributed by atoms with Gasteiger partial charge in [0.2, 0.25) is 0 Å². The van der Waals surface area contributed by atoms with E-state index in [9.17, 15) is 0 Å². The molecule has 0 bridgehead atoms. The fourth-order valence-electron chi connectivity index (χ4n) is 3.90. The molecule has 0 aliphatic rings. The Hall–Kier alpha value is -2.13. The van der Waals surface area contributed by atoms with Gasteiger partial charge in [-0.1, -0.05) is 89.5 Å². The van der Waals surface area contributed by atoms with Crippen molar-refractivity contribution in [2.75, 3.05) is 6.61 Å². The zero-order valence-corrected chi connectivity index (χ0v) is 20.8. The van der Waals surface area contributed by atoms with Gasteiger partial charge < -0.3 is 4.74 Å². The van der Waals surface area contributed by atoms with Crippen molar-refractivity contribution < 1.29 is 4.74 Å². The molecule has 0 spiro atoms. The van der Waals surface area contributed by atoms with Crippen LogP contribution in [0.25, 0.3) is 21.0 Å². The van der Waals surface area contributed by atoms with Gasteiger partial charge >= 0.3 is 0 Å². The minimum atomic E-state index is 0.810. The number of hydrogen-bond acceptors (Lipinski definition) is 3. The summed E-state index contributed by atoms with van der Waals surface area (Å²) in [7, 11) is 0. The number of nitrogens with zero attached hydrogens (tertiary/aromatic N) is 1. The summed E-state index contributed by atoms with van der Waals surface area (Å²) >= 11 is 1.75. The van der Waals surface area contributed by atoms with Crippen LogP contribution >= 0.6 is 11.3 Å². The second-order valence-electron chi connectivity index (χ2n) is 8.68. The number of rotatable bonds is 15. The van der Waals surface area contributed by atoms with E-state index in [-0.39, 0.29) is 0 Å². The lowest BCUT2D eigenvalue weighted by atomic mass is 10.0. The van der Waals surface area contributed by atoms with Crippen molar-refractivity contribution in [3.8, 4) is 26.8 Å². The Morgan fingerprint density at radius 1 is 0.688 bits per heavy atom. The molecule has 0 fully saturated rings. The highest BCUT2D eigenvalue weighted by atomic mass is 32.1. The molecule has 1 aromatic heterocycles. The number of ether oxygens (including phenoxy) is 1. The third kappa shape index (κ3) is 8.09. The fourth-order valence-corrected chi connectivity index (χ4v) is 4.83. The lowest BCUT2D eigenvalue weighted by Gasteiger charge is -2.06. The van der Waals surface area contributed by atoms with Crippen LogP contribution in [0.5, 0.6) is 5.75 Å². The maximum Gasteiger partial charge on any atom is 0.123 e. The van der Waals surface area contributed by atoms with Crippen molar-refractivity contribution in [2.45, 2.75) is 84.5 Å². The highest BCUT2D eigenvalue weighted by Gasteiger charge is 2.07. The second kappa shape index (κ2) is 14.1. The summed E-state index contributed by atoms with van der Waals surface area (Å²) in [6.07, 6.45) is 16.2. The molecule has 2 nitrogen and oxygen atoms in total. The second-order valence-corrected chi connectivity index (χ2v) is 9.71. The van der Waals surface area contributed by atoms with Crippen LogP contribution < -0.4 is 4.74 Å². The monoisotopic (exact) mass is 449 g/mol. The third-order valence-corrected chi connectivity index (χ3v) is 7.03. The largest absolute Gasteiger partial charge is 0.494 e. The van der Waals surface area contributed by atoms with Gasteiger partial charge in [0, 0.05) is 11.8 Å². The maximum atomic E-state index is 5.92. The van der Waals surface area contributed by atoms with E-state index in [1.54, 1.807) is 11.3 Å². The van der Waals surface area contributed by atoms with Crippen molar-refractivity contribution in [2.24, 2.45) is 0 Å². The predicted molar refractivity (Wildman–Crippen MR) is 140 cm³/mol. The van der Waals surface area contributed by atoms with Crippen molar-refractivity contribution >= 4 is 11.3 Å². The molecule has 0 atom stereocenters. The van der Waals surface area contributed by atoms with E-state index in [4.69, 9.17) is 4.74 Å². The first-order chi connectivity index (χ1) is 15.8. The summed E-state index contributed by atoms with van der Waals surface area (Å²) in [4.78, 5) is 5.88. The molecule has 172 valence electrons. The normalized spacial score (nSPS) is 11.1. The van der Waals surface area contributed by atoms with Gasteiger partial charge in [0.15, 0.2) is 0 Å². The van der Waals surface area contributed by atoms with Crippen molar-refractivity contribution in [1.29, 1.82) is 0 Å². The molecule has 3 aromatic rings. The van der Waals surface area contributed by atoms with E-state index < -0.39 is 0 Å². The first kappa shape index (κ1) is 24.5. The van der Waals surface area contributed by atoms with Crippen molar-refractivity contribution in [3.63, 3.8) is 0 Å². The summed E-state index contributed by atoms with van der Waals surface area (Å²) in [5.74, 6) is 0.960. The molecule has 1 heterocycles. The van der Waals surface area contributed by atoms with Crippen LogP contribution in [0.15, 0.2) is 54.7 Å². The van der Waals surface area contributed by atoms with E-state index in [0.717, 1.165) is 23.8 Å². The molecule has 2 aromatic carbocycles. The highest BCUT2D eigenvalue weighted by molar-refractivity contribution is 7.18. The fraction of sp³-hybridized carbons (Fsp3) is 0.483. The lowest BCUT2D eigenvalue weighted by molar-refractivity contribution is 0.304. The Morgan fingerprint density at radius 2 is 1.31 bits per heavy atom. The van der Waals surface area contributed by atoms with E-state index in [1.165, 1.54) is 85.8 Å². The van der Waals surface area contributed by atoms with Gasteiger partial charge in [-0.3, -0.25) is 0 Å². The smallest absolute Gasteiger partial charge is 0.123 e.